The van der Waals surface area contributed by atoms with Gasteiger partial charge in [0.15, 0.2) is 0 Å². The summed E-state index contributed by atoms with van der Waals surface area (Å²) in [6, 6.07) is 14.3. The van der Waals surface area contributed by atoms with Crippen molar-refractivity contribution >= 4 is 11.5 Å². The Balaban J connectivity index is 1.53. The summed E-state index contributed by atoms with van der Waals surface area (Å²) in [5, 5.41) is 7.11. The van der Waals surface area contributed by atoms with Crippen LogP contribution in [0, 0.1) is 0 Å². The molecule has 2 aromatic rings. The van der Waals surface area contributed by atoms with Crippen LogP contribution in [0.15, 0.2) is 53.7 Å². The number of aliphatic imine (C=N–C) groups is 1. The number of pyridine rings is 1. The van der Waals surface area contributed by atoms with E-state index in [1.54, 1.807) is 0 Å². The van der Waals surface area contributed by atoms with Crippen LogP contribution in [0.2, 0.25) is 0 Å². The zero-order valence-electron chi connectivity index (χ0n) is 15.1. The Bertz CT molecular complexity index is 764. The van der Waals surface area contributed by atoms with Crippen molar-refractivity contribution in [3.8, 4) is 5.75 Å². The highest BCUT2D eigenvalue weighted by Crippen LogP contribution is 2.30. The molecule has 1 aromatic heterocycles. The average Bonchev–Trinajstić information content (AvgIpc) is 2.72. The number of hydrogen-bond donors (Lipinski definition) is 2. The Morgan fingerprint density at radius 2 is 2.15 bits per heavy atom. The Labute approximate surface area is 154 Å². The Morgan fingerprint density at radius 1 is 1.27 bits per heavy atom. The highest BCUT2D eigenvalue weighted by Gasteiger charge is 2.30. The van der Waals surface area contributed by atoms with Gasteiger partial charge in [-0.15, -0.1) is 0 Å². The first-order valence-electron chi connectivity index (χ1n) is 9.28. The topological polar surface area (TPSA) is 61.8 Å². The van der Waals surface area contributed by atoms with E-state index in [-0.39, 0.29) is 12.2 Å². The fraction of sp³-hybridized carbons (Fsp3) is 0.400. The minimum Gasteiger partial charge on any atom is -0.483 e. The summed E-state index contributed by atoms with van der Waals surface area (Å²) < 4.78 is 5.84. The fourth-order valence-corrected chi connectivity index (χ4v) is 3.62. The molecule has 2 aliphatic rings. The Hall–Kier alpha value is -2.44. The monoisotopic (exact) mass is 351 g/mol. The van der Waals surface area contributed by atoms with Crippen molar-refractivity contribution < 1.29 is 4.74 Å². The number of nitrogens with one attached hydrogen (secondary N) is 2. The molecule has 136 valence electrons. The molecule has 2 unspecified atom stereocenters. The van der Waals surface area contributed by atoms with Crippen molar-refractivity contribution in [1.29, 1.82) is 0 Å². The van der Waals surface area contributed by atoms with Gasteiger partial charge in [-0.2, -0.15) is 0 Å². The van der Waals surface area contributed by atoms with Gasteiger partial charge in [0.05, 0.1) is 17.9 Å². The number of amidine groups is 1. The van der Waals surface area contributed by atoms with Crippen molar-refractivity contribution in [2.45, 2.75) is 25.6 Å². The number of benzene rings is 1. The van der Waals surface area contributed by atoms with E-state index < -0.39 is 0 Å². The van der Waals surface area contributed by atoms with E-state index in [1.165, 1.54) is 0 Å². The molecule has 1 aromatic carbocycles. The molecule has 2 atom stereocenters. The first-order chi connectivity index (χ1) is 12.8. The normalized spacial score (nSPS) is 21.3. The van der Waals surface area contributed by atoms with Crippen LogP contribution in [0.3, 0.4) is 0 Å². The van der Waals surface area contributed by atoms with E-state index >= 15 is 0 Å². The van der Waals surface area contributed by atoms with Crippen molar-refractivity contribution in [1.82, 2.24) is 20.5 Å². The lowest BCUT2D eigenvalue weighted by molar-refractivity contribution is 0.0906. The van der Waals surface area contributed by atoms with E-state index in [1.807, 2.05) is 36.5 Å². The van der Waals surface area contributed by atoms with Gasteiger partial charge in [0.1, 0.15) is 23.9 Å². The molecule has 3 heterocycles. The molecule has 6 nitrogen and oxygen atoms in total. The summed E-state index contributed by atoms with van der Waals surface area (Å²) >= 11 is 0. The molecule has 0 amide bonds. The van der Waals surface area contributed by atoms with Crippen LogP contribution in [-0.2, 0) is 0 Å². The minimum atomic E-state index is 0.191. The van der Waals surface area contributed by atoms with Crippen LogP contribution in [0.25, 0.3) is 0 Å². The molecule has 1 fully saturated rings. The summed E-state index contributed by atoms with van der Waals surface area (Å²) in [5.41, 5.74) is 1.99. The summed E-state index contributed by atoms with van der Waals surface area (Å²) in [6.07, 6.45) is 3.04. The fourth-order valence-electron chi connectivity index (χ4n) is 3.62. The van der Waals surface area contributed by atoms with E-state index in [0.29, 0.717) is 6.61 Å². The number of fused-ring (bicyclic) bond motifs is 1. The number of piperazine rings is 1. The average molecular weight is 351 g/mol. The molecule has 1 saturated heterocycles. The van der Waals surface area contributed by atoms with Crippen molar-refractivity contribution in [3.05, 3.63) is 54.4 Å². The van der Waals surface area contributed by atoms with Crippen LogP contribution in [0.1, 0.15) is 25.1 Å². The van der Waals surface area contributed by atoms with Crippen LogP contribution >= 0.6 is 0 Å². The number of rotatable bonds is 4. The highest BCUT2D eigenvalue weighted by atomic mass is 16.5. The highest BCUT2D eigenvalue weighted by molar-refractivity contribution is 5.88. The van der Waals surface area contributed by atoms with Gasteiger partial charge in [0, 0.05) is 25.8 Å². The first-order valence-corrected chi connectivity index (χ1v) is 9.28. The molecule has 6 heteroatoms. The zero-order valence-corrected chi connectivity index (χ0v) is 15.1. The molecular weight excluding hydrogens is 326 g/mol. The Kier molecular flexibility index (Phi) is 5.13. The molecule has 2 N–H and O–H groups in total. The van der Waals surface area contributed by atoms with Gasteiger partial charge < -0.3 is 15.4 Å². The van der Waals surface area contributed by atoms with Crippen molar-refractivity contribution in [2.75, 3.05) is 26.2 Å². The molecule has 0 bridgehead atoms. The first kappa shape index (κ1) is 17.0. The molecule has 0 spiro atoms. The van der Waals surface area contributed by atoms with Gasteiger partial charge in [0.25, 0.3) is 0 Å². The quantitative estimate of drug-likeness (QED) is 0.886. The van der Waals surface area contributed by atoms with E-state index in [0.717, 1.165) is 49.0 Å². The second kappa shape index (κ2) is 7.85. The lowest BCUT2D eigenvalue weighted by Crippen LogP contribution is -2.56. The van der Waals surface area contributed by atoms with E-state index in [4.69, 9.17) is 9.73 Å². The van der Waals surface area contributed by atoms with Crippen LogP contribution in [0.5, 0.6) is 5.75 Å². The van der Waals surface area contributed by atoms with Gasteiger partial charge in [-0.1, -0.05) is 25.1 Å². The minimum absolute atomic E-state index is 0.191. The maximum absolute atomic E-state index is 5.84. The van der Waals surface area contributed by atoms with Gasteiger partial charge in [-0.25, -0.2) is 4.99 Å². The standard InChI is InChI=1S/C20H25N5O/c1-2-20(24-19-14-26-18-9-4-3-8-16(18)23-19)25-12-11-21-13-17(25)15-7-5-6-10-22-15/h3-10,17,20-21H,2,11-14H2,1H3,(H,23,24). The third-order valence-corrected chi connectivity index (χ3v) is 4.92. The van der Waals surface area contributed by atoms with E-state index in [9.17, 15) is 0 Å². The lowest BCUT2D eigenvalue weighted by atomic mass is 10.1. The van der Waals surface area contributed by atoms with Crippen molar-refractivity contribution in [3.63, 3.8) is 0 Å². The number of hydrogen-bond acceptors (Lipinski definition) is 6. The lowest BCUT2D eigenvalue weighted by Gasteiger charge is -2.41. The second-order valence-corrected chi connectivity index (χ2v) is 6.60. The van der Waals surface area contributed by atoms with Crippen LogP contribution < -0.4 is 15.4 Å². The maximum Gasteiger partial charge on any atom is 0.146 e. The second-order valence-electron chi connectivity index (χ2n) is 6.60. The van der Waals surface area contributed by atoms with Gasteiger partial charge in [-0.05, 0) is 30.7 Å². The Morgan fingerprint density at radius 3 is 3.00 bits per heavy atom. The summed E-state index contributed by atoms with van der Waals surface area (Å²) in [6.45, 7) is 5.53. The molecule has 26 heavy (non-hydrogen) atoms. The summed E-state index contributed by atoms with van der Waals surface area (Å²) in [5.74, 6) is 1.73. The predicted octanol–water partition coefficient (Wildman–Crippen LogP) is 2.48. The van der Waals surface area contributed by atoms with Gasteiger partial charge >= 0.3 is 0 Å². The number of para-hydroxylation sites is 2. The molecular formula is C20H25N5O. The largest absolute Gasteiger partial charge is 0.483 e. The SMILES string of the molecule is CCC(NC1=Nc2ccccc2OC1)N1CCNCC1c1ccccn1. The van der Waals surface area contributed by atoms with Crippen LogP contribution in [-0.4, -0.2) is 48.1 Å². The molecule has 2 aliphatic heterocycles. The molecule has 0 radical (unpaired) electrons. The van der Waals surface area contributed by atoms with Crippen molar-refractivity contribution in [2.24, 2.45) is 4.99 Å². The molecule has 4 rings (SSSR count). The predicted molar refractivity (Wildman–Crippen MR) is 103 cm³/mol. The van der Waals surface area contributed by atoms with E-state index in [2.05, 4.69) is 39.6 Å². The third kappa shape index (κ3) is 3.57. The number of nitrogens with zero attached hydrogens (tertiary/aromatic N) is 3. The third-order valence-electron chi connectivity index (χ3n) is 4.92. The van der Waals surface area contributed by atoms with Crippen LogP contribution in [0.4, 0.5) is 5.69 Å². The van der Waals surface area contributed by atoms with Gasteiger partial charge in [0.2, 0.25) is 0 Å². The maximum atomic E-state index is 5.84. The smallest absolute Gasteiger partial charge is 0.146 e. The summed E-state index contributed by atoms with van der Waals surface area (Å²) in [4.78, 5) is 11.8. The molecule has 0 aliphatic carbocycles. The molecule has 0 saturated carbocycles. The number of aromatic nitrogens is 1. The summed E-state index contributed by atoms with van der Waals surface area (Å²) in [7, 11) is 0. The van der Waals surface area contributed by atoms with Gasteiger partial charge in [-0.3, -0.25) is 9.88 Å². The number of ether oxygens (including phenoxy) is 1. The zero-order chi connectivity index (χ0) is 17.8.